The predicted molar refractivity (Wildman–Crippen MR) is 157 cm³/mol. The zero-order valence-electron chi connectivity index (χ0n) is 23.6. The Labute approximate surface area is 237 Å². The molecule has 40 heavy (non-hydrogen) atoms. The van der Waals surface area contributed by atoms with Crippen molar-refractivity contribution >= 4 is 11.9 Å². The van der Waals surface area contributed by atoms with Crippen LogP contribution in [0.15, 0.2) is 72.8 Å². The van der Waals surface area contributed by atoms with Gasteiger partial charge < -0.3 is 19.5 Å². The lowest BCUT2D eigenvalue weighted by atomic mass is 9.94. The molecule has 0 radical (unpaired) electrons. The number of hydrogen-bond donors (Lipinski definition) is 1. The summed E-state index contributed by atoms with van der Waals surface area (Å²) in [7, 11) is 1.68. The Bertz CT molecular complexity index is 1240. The summed E-state index contributed by atoms with van der Waals surface area (Å²) >= 11 is 0. The summed E-state index contributed by atoms with van der Waals surface area (Å²) in [6, 6.07) is 24.0. The lowest BCUT2D eigenvalue weighted by Gasteiger charge is -2.34. The number of carboxylic acids is 1. The first-order chi connectivity index (χ1) is 19.5. The number of nitrogens with zero attached hydrogens (tertiary/aromatic N) is 2. The Morgan fingerprint density at radius 3 is 2.25 bits per heavy atom. The van der Waals surface area contributed by atoms with Crippen LogP contribution in [0, 0.1) is 5.92 Å². The lowest BCUT2D eigenvalue weighted by molar-refractivity contribution is -0.141. The average molecular weight is 545 g/mol. The minimum absolute atomic E-state index is 0.101. The van der Waals surface area contributed by atoms with Crippen molar-refractivity contribution in [1.29, 1.82) is 0 Å². The van der Waals surface area contributed by atoms with Crippen LogP contribution < -0.4 is 4.74 Å². The summed E-state index contributed by atoms with van der Waals surface area (Å²) in [5.74, 6) is -0.316. The second-order valence-corrected chi connectivity index (χ2v) is 10.3. The van der Waals surface area contributed by atoms with Gasteiger partial charge in [-0.3, -0.25) is 14.5 Å². The number of carbonyl (C=O) groups is 2. The highest BCUT2D eigenvalue weighted by molar-refractivity contribution is 5.94. The summed E-state index contributed by atoms with van der Waals surface area (Å²) in [4.78, 5) is 28.6. The van der Waals surface area contributed by atoms with E-state index in [1.54, 1.807) is 7.11 Å². The SMILES string of the molecule is CCC(Cc1ccc(-c2ccc(CN3CCN(C(=O)c4ccccc4)CC3)cc2)c(OCCCOC)c1)C(=O)O. The van der Waals surface area contributed by atoms with Crippen LogP contribution in [0.3, 0.4) is 0 Å². The van der Waals surface area contributed by atoms with Crippen molar-refractivity contribution in [1.82, 2.24) is 9.80 Å². The number of piperazine rings is 1. The Hall–Kier alpha value is -3.68. The van der Waals surface area contributed by atoms with Gasteiger partial charge in [0, 0.05) is 64.0 Å². The molecule has 0 bridgehead atoms. The first kappa shape index (κ1) is 29.3. The molecule has 0 spiro atoms. The molecule has 1 saturated heterocycles. The van der Waals surface area contributed by atoms with E-state index in [0.717, 1.165) is 67.1 Å². The molecule has 1 fully saturated rings. The molecule has 0 saturated carbocycles. The standard InChI is InChI=1S/C33H40N2O5/c1-3-27(33(37)38)22-26-12-15-30(31(23-26)40-21-7-20-39-2)28-13-10-25(11-14-28)24-34-16-18-35(19-17-34)32(36)29-8-5-4-6-9-29/h4-6,8-15,23,27H,3,7,16-22,24H2,1-2H3,(H,37,38). The van der Waals surface area contributed by atoms with E-state index in [4.69, 9.17) is 9.47 Å². The Morgan fingerprint density at radius 1 is 0.900 bits per heavy atom. The van der Waals surface area contributed by atoms with Gasteiger partial charge in [0.2, 0.25) is 0 Å². The fraction of sp³-hybridized carbons (Fsp3) is 0.394. The molecule has 1 N–H and O–H groups in total. The quantitative estimate of drug-likeness (QED) is 0.291. The van der Waals surface area contributed by atoms with Crippen molar-refractivity contribution in [2.75, 3.05) is 46.5 Å². The fourth-order valence-electron chi connectivity index (χ4n) is 5.05. The molecule has 1 aliphatic rings. The maximum Gasteiger partial charge on any atom is 0.306 e. The molecular formula is C33H40N2O5. The van der Waals surface area contributed by atoms with E-state index >= 15 is 0 Å². The molecule has 1 aliphatic heterocycles. The number of rotatable bonds is 13. The van der Waals surface area contributed by atoms with E-state index in [-0.39, 0.29) is 5.91 Å². The number of benzene rings is 3. The highest BCUT2D eigenvalue weighted by Crippen LogP contribution is 2.32. The summed E-state index contributed by atoms with van der Waals surface area (Å²) in [6.45, 7) is 7.02. The second kappa shape index (κ2) is 14.6. The largest absolute Gasteiger partial charge is 0.493 e. The number of methoxy groups -OCH3 is 1. The first-order valence-corrected chi connectivity index (χ1v) is 14.1. The maximum absolute atomic E-state index is 12.7. The van der Waals surface area contributed by atoms with Crippen LogP contribution in [-0.4, -0.2) is 73.3 Å². The summed E-state index contributed by atoms with van der Waals surface area (Å²) in [6.07, 6.45) is 1.83. The molecule has 3 aromatic carbocycles. The molecule has 7 heteroatoms. The van der Waals surface area contributed by atoms with Crippen LogP contribution in [0.2, 0.25) is 0 Å². The Morgan fingerprint density at radius 2 is 1.60 bits per heavy atom. The van der Waals surface area contributed by atoms with Crippen molar-refractivity contribution in [3.63, 3.8) is 0 Å². The topological polar surface area (TPSA) is 79.3 Å². The molecule has 1 amide bonds. The second-order valence-electron chi connectivity index (χ2n) is 10.3. The molecule has 1 heterocycles. The molecule has 0 aliphatic carbocycles. The zero-order chi connectivity index (χ0) is 28.3. The molecule has 7 nitrogen and oxygen atoms in total. The van der Waals surface area contributed by atoms with E-state index < -0.39 is 11.9 Å². The van der Waals surface area contributed by atoms with E-state index in [2.05, 4.69) is 29.2 Å². The number of ether oxygens (including phenoxy) is 2. The highest BCUT2D eigenvalue weighted by atomic mass is 16.5. The molecular weight excluding hydrogens is 504 g/mol. The molecule has 4 rings (SSSR count). The number of amides is 1. The van der Waals surface area contributed by atoms with E-state index in [1.165, 1.54) is 5.56 Å². The number of hydrogen-bond acceptors (Lipinski definition) is 5. The number of carbonyl (C=O) groups excluding carboxylic acids is 1. The normalized spacial score (nSPS) is 14.6. The van der Waals surface area contributed by atoms with Crippen molar-refractivity contribution in [3.8, 4) is 16.9 Å². The van der Waals surface area contributed by atoms with Gasteiger partial charge >= 0.3 is 5.97 Å². The van der Waals surface area contributed by atoms with Crippen molar-refractivity contribution in [2.24, 2.45) is 5.92 Å². The van der Waals surface area contributed by atoms with E-state index in [0.29, 0.717) is 26.1 Å². The smallest absolute Gasteiger partial charge is 0.306 e. The van der Waals surface area contributed by atoms with Gasteiger partial charge in [0.15, 0.2) is 0 Å². The van der Waals surface area contributed by atoms with Crippen molar-refractivity contribution in [3.05, 3.63) is 89.5 Å². The van der Waals surface area contributed by atoms with Gasteiger partial charge in [0.25, 0.3) is 5.91 Å². The van der Waals surface area contributed by atoms with E-state index in [1.807, 2.05) is 60.4 Å². The molecule has 212 valence electrons. The predicted octanol–water partition coefficient (Wildman–Crippen LogP) is 5.38. The third kappa shape index (κ3) is 7.93. The molecule has 1 unspecified atom stereocenters. The van der Waals surface area contributed by atoms with Crippen LogP contribution in [0.1, 0.15) is 41.3 Å². The molecule has 0 aromatic heterocycles. The minimum Gasteiger partial charge on any atom is -0.493 e. The molecule has 1 atom stereocenters. The van der Waals surface area contributed by atoms with Crippen molar-refractivity contribution in [2.45, 2.75) is 32.7 Å². The van der Waals surface area contributed by atoms with Gasteiger partial charge in [0.05, 0.1) is 12.5 Å². The maximum atomic E-state index is 12.7. The van der Waals surface area contributed by atoms with Crippen LogP contribution in [0.4, 0.5) is 0 Å². The monoisotopic (exact) mass is 544 g/mol. The van der Waals surface area contributed by atoms with Crippen LogP contribution in [-0.2, 0) is 22.5 Å². The minimum atomic E-state index is -0.770. The zero-order valence-corrected chi connectivity index (χ0v) is 23.6. The number of carboxylic acid groups (broad SMARTS) is 1. The average Bonchev–Trinajstić information content (AvgIpc) is 2.99. The lowest BCUT2D eigenvalue weighted by Crippen LogP contribution is -2.48. The Balaban J connectivity index is 1.40. The van der Waals surface area contributed by atoms with Gasteiger partial charge in [-0.1, -0.05) is 61.5 Å². The van der Waals surface area contributed by atoms with Crippen LogP contribution >= 0.6 is 0 Å². The van der Waals surface area contributed by atoms with Gasteiger partial charge in [0.1, 0.15) is 5.75 Å². The van der Waals surface area contributed by atoms with Crippen LogP contribution in [0.25, 0.3) is 11.1 Å². The highest BCUT2D eigenvalue weighted by Gasteiger charge is 2.22. The van der Waals surface area contributed by atoms with Gasteiger partial charge in [-0.05, 0) is 47.7 Å². The van der Waals surface area contributed by atoms with Gasteiger partial charge in [-0.2, -0.15) is 0 Å². The summed E-state index contributed by atoms with van der Waals surface area (Å²) < 4.78 is 11.3. The fourth-order valence-corrected chi connectivity index (χ4v) is 5.05. The third-order valence-electron chi connectivity index (χ3n) is 7.47. The Kier molecular flexibility index (Phi) is 10.7. The van der Waals surface area contributed by atoms with Gasteiger partial charge in [-0.25, -0.2) is 0 Å². The summed E-state index contributed by atoms with van der Waals surface area (Å²) in [5.41, 5.74) is 4.97. The van der Waals surface area contributed by atoms with Gasteiger partial charge in [-0.15, -0.1) is 0 Å². The number of aliphatic carboxylic acids is 1. The van der Waals surface area contributed by atoms with Crippen molar-refractivity contribution < 1.29 is 24.2 Å². The third-order valence-corrected chi connectivity index (χ3v) is 7.47. The van der Waals surface area contributed by atoms with Crippen LogP contribution in [0.5, 0.6) is 5.75 Å². The van der Waals surface area contributed by atoms with E-state index in [9.17, 15) is 14.7 Å². The first-order valence-electron chi connectivity index (χ1n) is 14.1. The molecule has 3 aromatic rings. The summed E-state index contributed by atoms with van der Waals surface area (Å²) in [5, 5.41) is 9.50.